The normalized spacial score (nSPS) is 21.7. The summed E-state index contributed by atoms with van der Waals surface area (Å²) in [6, 6.07) is 0.411. The zero-order valence-corrected chi connectivity index (χ0v) is 10.1. The van der Waals surface area contributed by atoms with Gasteiger partial charge in [-0.1, -0.05) is 6.92 Å². The van der Waals surface area contributed by atoms with Crippen molar-refractivity contribution in [2.45, 2.75) is 44.5 Å². The van der Waals surface area contributed by atoms with Gasteiger partial charge in [0.25, 0.3) is 0 Å². The van der Waals surface area contributed by atoms with Gasteiger partial charge in [-0.15, -0.1) is 0 Å². The standard InChI is InChI=1S/C11H21F3N2O/c1-2-5-15-9-3-6-16(7-4-9)8-10(17)11(12,13)14/h9-10,15,17H,2-8H2,1H3. The van der Waals surface area contributed by atoms with Gasteiger partial charge in [0, 0.05) is 12.6 Å². The fourth-order valence-corrected chi connectivity index (χ4v) is 2.02. The predicted octanol–water partition coefficient (Wildman–Crippen LogP) is 1.37. The fourth-order valence-electron chi connectivity index (χ4n) is 2.02. The van der Waals surface area contributed by atoms with Gasteiger partial charge in [0.1, 0.15) is 0 Å². The number of likely N-dealkylation sites (tertiary alicyclic amines) is 1. The SMILES string of the molecule is CCCNC1CCN(CC(O)C(F)(F)F)CC1. The van der Waals surface area contributed by atoms with Crippen molar-refractivity contribution < 1.29 is 18.3 Å². The van der Waals surface area contributed by atoms with Crippen LogP contribution in [0.3, 0.4) is 0 Å². The molecule has 17 heavy (non-hydrogen) atoms. The Balaban J connectivity index is 2.23. The molecule has 0 aromatic carbocycles. The second kappa shape index (κ2) is 6.56. The summed E-state index contributed by atoms with van der Waals surface area (Å²) >= 11 is 0. The minimum atomic E-state index is -4.50. The van der Waals surface area contributed by atoms with Gasteiger partial charge < -0.3 is 15.3 Å². The van der Waals surface area contributed by atoms with Crippen molar-refractivity contribution in [3.05, 3.63) is 0 Å². The van der Waals surface area contributed by atoms with E-state index in [1.54, 1.807) is 4.90 Å². The Labute approximate surface area is 100.0 Å². The summed E-state index contributed by atoms with van der Waals surface area (Å²) in [6.45, 7) is 3.98. The molecule has 1 unspecified atom stereocenters. The third-order valence-electron chi connectivity index (χ3n) is 3.08. The van der Waals surface area contributed by atoms with E-state index in [4.69, 9.17) is 5.11 Å². The van der Waals surface area contributed by atoms with Crippen LogP contribution in [0.1, 0.15) is 26.2 Å². The predicted molar refractivity (Wildman–Crippen MR) is 59.8 cm³/mol. The quantitative estimate of drug-likeness (QED) is 0.778. The minimum absolute atomic E-state index is 0.302. The number of hydrogen-bond acceptors (Lipinski definition) is 3. The first-order valence-corrected chi connectivity index (χ1v) is 6.14. The topological polar surface area (TPSA) is 35.5 Å². The van der Waals surface area contributed by atoms with Crippen LogP contribution < -0.4 is 5.32 Å². The number of hydrogen-bond donors (Lipinski definition) is 2. The number of halogens is 3. The number of β-amino-alcohol motifs (C(OH)–C–C–N with tert-alkyl or cyclic N) is 1. The molecular weight excluding hydrogens is 233 g/mol. The number of rotatable bonds is 5. The molecule has 1 fully saturated rings. The summed E-state index contributed by atoms with van der Waals surface area (Å²) in [5.74, 6) is 0. The molecule has 2 N–H and O–H groups in total. The smallest absolute Gasteiger partial charge is 0.382 e. The minimum Gasteiger partial charge on any atom is -0.382 e. The summed E-state index contributed by atoms with van der Waals surface area (Å²) in [5, 5.41) is 12.3. The highest BCUT2D eigenvalue weighted by Crippen LogP contribution is 2.22. The molecular formula is C11H21F3N2O. The van der Waals surface area contributed by atoms with Crippen molar-refractivity contribution >= 4 is 0 Å². The second-order valence-electron chi connectivity index (χ2n) is 4.59. The van der Waals surface area contributed by atoms with Gasteiger partial charge in [-0.25, -0.2) is 0 Å². The molecule has 0 aromatic rings. The van der Waals surface area contributed by atoms with E-state index in [1.807, 2.05) is 0 Å². The van der Waals surface area contributed by atoms with Crippen molar-refractivity contribution in [1.82, 2.24) is 10.2 Å². The number of aliphatic hydroxyl groups excluding tert-OH is 1. The Morgan fingerprint density at radius 1 is 1.35 bits per heavy atom. The van der Waals surface area contributed by atoms with E-state index in [2.05, 4.69) is 12.2 Å². The molecule has 1 aliphatic rings. The van der Waals surface area contributed by atoms with Crippen LogP contribution in [0.4, 0.5) is 13.2 Å². The van der Waals surface area contributed by atoms with Crippen LogP contribution in [0.15, 0.2) is 0 Å². The molecule has 0 bridgehead atoms. The van der Waals surface area contributed by atoms with Crippen molar-refractivity contribution in [1.29, 1.82) is 0 Å². The van der Waals surface area contributed by atoms with Crippen molar-refractivity contribution in [3.8, 4) is 0 Å². The average Bonchev–Trinajstić information content (AvgIpc) is 2.27. The molecule has 0 radical (unpaired) electrons. The highest BCUT2D eigenvalue weighted by Gasteiger charge is 2.39. The van der Waals surface area contributed by atoms with Crippen LogP contribution in [-0.2, 0) is 0 Å². The summed E-state index contributed by atoms with van der Waals surface area (Å²) in [7, 11) is 0. The number of nitrogens with zero attached hydrogens (tertiary/aromatic N) is 1. The zero-order valence-electron chi connectivity index (χ0n) is 10.1. The Kier molecular flexibility index (Phi) is 5.69. The molecule has 1 rings (SSSR count). The van der Waals surface area contributed by atoms with Crippen molar-refractivity contribution in [2.75, 3.05) is 26.2 Å². The van der Waals surface area contributed by atoms with Gasteiger partial charge in [0.15, 0.2) is 6.10 Å². The Morgan fingerprint density at radius 3 is 2.41 bits per heavy atom. The van der Waals surface area contributed by atoms with E-state index in [0.717, 1.165) is 25.8 Å². The maximum Gasteiger partial charge on any atom is 0.415 e. The molecule has 0 spiro atoms. The molecule has 1 atom stereocenters. The number of aliphatic hydroxyl groups is 1. The number of nitrogens with one attached hydrogen (secondary N) is 1. The van der Waals surface area contributed by atoms with E-state index in [0.29, 0.717) is 19.1 Å². The van der Waals surface area contributed by atoms with Crippen LogP contribution in [0.2, 0.25) is 0 Å². The highest BCUT2D eigenvalue weighted by molar-refractivity contribution is 4.79. The largest absolute Gasteiger partial charge is 0.415 e. The van der Waals surface area contributed by atoms with Crippen molar-refractivity contribution in [3.63, 3.8) is 0 Å². The Bertz CT molecular complexity index is 215. The third-order valence-corrected chi connectivity index (χ3v) is 3.08. The van der Waals surface area contributed by atoms with Gasteiger partial charge in [0.2, 0.25) is 0 Å². The van der Waals surface area contributed by atoms with E-state index in [9.17, 15) is 13.2 Å². The molecule has 6 heteroatoms. The van der Waals surface area contributed by atoms with Crippen LogP contribution in [0.5, 0.6) is 0 Å². The molecule has 102 valence electrons. The molecule has 1 heterocycles. The van der Waals surface area contributed by atoms with Crippen molar-refractivity contribution in [2.24, 2.45) is 0 Å². The molecule has 1 saturated heterocycles. The average molecular weight is 254 g/mol. The summed E-state index contributed by atoms with van der Waals surface area (Å²) in [4.78, 5) is 1.68. The van der Waals surface area contributed by atoms with Crippen LogP contribution in [0.25, 0.3) is 0 Å². The molecule has 3 nitrogen and oxygen atoms in total. The maximum atomic E-state index is 12.2. The first-order valence-electron chi connectivity index (χ1n) is 6.14. The van der Waals surface area contributed by atoms with E-state index in [1.165, 1.54) is 0 Å². The Hall–Kier alpha value is -0.330. The summed E-state index contributed by atoms with van der Waals surface area (Å²) < 4.78 is 36.5. The molecule has 0 aliphatic carbocycles. The molecule has 1 aliphatic heterocycles. The highest BCUT2D eigenvalue weighted by atomic mass is 19.4. The van der Waals surface area contributed by atoms with E-state index in [-0.39, 0.29) is 6.54 Å². The van der Waals surface area contributed by atoms with Crippen LogP contribution in [0, 0.1) is 0 Å². The lowest BCUT2D eigenvalue weighted by Gasteiger charge is -2.33. The van der Waals surface area contributed by atoms with Gasteiger partial charge >= 0.3 is 6.18 Å². The van der Waals surface area contributed by atoms with E-state index >= 15 is 0 Å². The summed E-state index contributed by atoms with van der Waals surface area (Å²) in [5.41, 5.74) is 0. The van der Waals surface area contributed by atoms with E-state index < -0.39 is 12.3 Å². The Morgan fingerprint density at radius 2 is 1.94 bits per heavy atom. The summed E-state index contributed by atoms with van der Waals surface area (Å²) in [6.07, 6.45) is -3.96. The fraction of sp³-hybridized carbons (Fsp3) is 1.00. The second-order valence-corrected chi connectivity index (χ2v) is 4.59. The van der Waals surface area contributed by atoms with Crippen LogP contribution in [-0.4, -0.2) is 54.5 Å². The monoisotopic (exact) mass is 254 g/mol. The lowest BCUT2D eigenvalue weighted by molar-refractivity contribution is -0.208. The zero-order chi connectivity index (χ0) is 12.9. The lowest BCUT2D eigenvalue weighted by Crippen LogP contribution is -2.47. The van der Waals surface area contributed by atoms with Gasteiger partial charge in [-0.3, -0.25) is 0 Å². The first-order chi connectivity index (χ1) is 7.93. The number of piperidine rings is 1. The first kappa shape index (κ1) is 14.7. The lowest BCUT2D eigenvalue weighted by atomic mass is 10.0. The maximum absolute atomic E-state index is 12.2. The van der Waals surface area contributed by atoms with Gasteiger partial charge in [-0.05, 0) is 38.9 Å². The van der Waals surface area contributed by atoms with Crippen LogP contribution >= 0.6 is 0 Å². The molecule has 0 saturated carbocycles. The third kappa shape index (κ3) is 5.23. The molecule has 0 amide bonds. The van der Waals surface area contributed by atoms with Gasteiger partial charge in [-0.2, -0.15) is 13.2 Å². The number of alkyl halides is 3. The van der Waals surface area contributed by atoms with Gasteiger partial charge in [0.05, 0.1) is 0 Å². The molecule has 0 aromatic heterocycles.